The van der Waals surface area contributed by atoms with Crippen LogP contribution in [0.15, 0.2) is 0 Å². The Balaban J connectivity index is 2.20. The predicted molar refractivity (Wildman–Crippen MR) is 56.2 cm³/mol. The highest BCUT2D eigenvalue weighted by atomic mass is 16.5. The molecule has 3 nitrogen and oxygen atoms in total. The smallest absolute Gasteiger partial charge is 0.309 e. The zero-order valence-electron chi connectivity index (χ0n) is 9.53. The Morgan fingerprint density at radius 3 is 2.87 bits per heavy atom. The summed E-state index contributed by atoms with van der Waals surface area (Å²) in [5.41, 5.74) is -0.658. The summed E-state index contributed by atoms with van der Waals surface area (Å²) < 4.78 is 5.42. The lowest BCUT2D eigenvalue weighted by molar-refractivity contribution is -0.154. The van der Waals surface area contributed by atoms with Gasteiger partial charge in [0.1, 0.15) is 6.10 Å². The third-order valence-corrected chi connectivity index (χ3v) is 3.74. The number of rotatable bonds is 1. The minimum Gasteiger partial charge on any atom is -0.462 e. The normalized spacial score (nSPS) is 45.8. The van der Waals surface area contributed by atoms with E-state index in [0.717, 1.165) is 19.3 Å². The van der Waals surface area contributed by atoms with Crippen molar-refractivity contribution in [2.75, 3.05) is 0 Å². The maximum atomic E-state index is 11.7. The van der Waals surface area contributed by atoms with Crippen molar-refractivity contribution in [3.05, 3.63) is 0 Å². The minimum absolute atomic E-state index is 0.0530. The molecule has 0 amide bonds. The minimum atomic E-state index is -0.658. The molecule has 4 atom stereocenters. The highest BCUT2D eigenvalue weighted by Gasteiger charge is 2.45. The molecular formula is C12H20O3. The summed E-state index contributed by atoms with van der Waals surface area (Å²) in [5.74, 6) is 0.245. The van der Waals surface area contributed by atoms with E-state index in [1.165, 1.54) is 0 Å². The average Bonchev–Trinajstić information content (AvgIpc) is 2.19. The lowest BCUT2D eigenvalue weighted by Gasteiger charge is -2.37. The van der Waals surface area contributed by atoms with Gasteiger partial charge in [-0.3, -0.25) is 4.79 Å². The molecule has 0 radical (unpaired) electrons. The molecule has 1 saturated heterocycles. The molecule has 1 N–H and O–H groups in total. The molecule has 2 aliphatic rings. The molecule has 2 bridgehead atoms. The molecule has 1 aliphatic carbocycles. The van der Waals surface area contributed by atoms with Crippen molar-refractivity contribution < 1.29 is 14.6 Å². The van der Waals surface area contributed by atoms with Crippen LogP contribution in [0.25, 0.3) is 0 Å². The van der Waals surface area contributed by atoms with Gasteiger partial charge in [0.25, 0.3) is 0 Å². The Hall–Kier alpha value is -0.570. The zero-order chi connectivity index (χ0) is 11.1. The highest BCUT2D eigenvalue weighted by molar-refractivity contribution is 5.73. The maximum absolute atomic E-state index is 11.7. The van der Waals surface area contributed by atoms with E-state index in [0.29, 0.717) is 18.8 Å². The number of carbonyl (C=O) groups is 1. The Morgan fingerprint density at radius 1 is 1.47 bits per heavy atom. The van der Waals surface area contributed by atoms with E-state index in [4.69, 9.17) is 4.74 Å². The molecule has 1 saturated carbocycles. The SMILES string of the molecule is CCC1CC2(O)CC(C)CC(C2)OC1=O. The van der Waals surface area contributed by atoms with Crippen LogP contribution in [0.2, 0.25) is 0 Å². The largest absolute Gasteiger partial charge is 0.462 e. The Morgan fingerprint density at radius 2 is 2.20 bits per heavy atom. The van der Waals surface area contributed by atoms with Crippen LogP contribution < -0.4 is 0 Å². The van der Waals surface area contributed by atoms with E-state index in [-0.39, 0.29) is 18.0 Å². The molecule has 1 aliphatic heterocycles. The van der Waals surface area contributed by atoms with Gasteiger partial charge in [-0.25, -0.2) is 0 Å². The average molecular weight is 212 g/mol. The Bertz CT molecular complexity index is 264. The Kier molecular flexibility index (Phi) is 2.75. The first-order valence-electron chi connectivity index (χ1n) is 5.95. The molecule has 0 aromatic rings. The van der Waals surface area contributed by atoms with Gasteiger partial charge in [-0.05, 0) is 31.6 Å². The summed E-state index contributed by atoms with van der Waals surface area (Å²) in [6.07, 6.45) is 3.66. The number of aliphatic hydroxyl groups is 1. The fraction of sp³-hybridized carbons (Fsp3) is 0.917. The monoisotopic (exact) mass is 212 g/mol. The van der Waals surface area contributed by atoms with E-state index in [9.17, 15) is 9.90 Å². The number of esters is 1. The van der Waals surface area contributed by atoms with Crippen LogP contribution in [0.5, 0.6) is 0 Å². The third-order valence-electron chi connectivity index (χ3n) is 3.74. The van der Waals surface area contributed by atoms with E-state index >= 15 is 0 Å². The van der Waals surface area contributed by atoms with E-state index in [1.807, 2.05) is 6.92 Å². The first kappa shape index (κ1) is 10.9. The zero-order valence-corrected chi connectivity index (χ0v) is 9.53. The summed E-state index contributed by atoms with van der Waals surface area (Å²) in [6.45, 7) is 4.10. The van der Waals surface area contributed by atoms with Crippen molar-refractivity contribution in [3.63, 3.8) is 0 Å². The lowest BCUT2D eigenvalue weighted by Crippen LogP contribution is -2.40. The fourth-order valence-corrected chi connectivity index (χ4v) is 3.14. The quantitative estimate of drug-likeness (QED) is 0.675. The molecule has 0 aromatic carbocycles. The van der Waals surface area contributed by atoms with Crippen molar-refractivity contribution in [1.82, 2.24) is 0 Å². The van der Waals surface area contributed by atoms with Crippen LogP contribution in [0, 0.1) is 11.8 Å². The van der Waals surface area contributed by atoms with Crippen molar-refractivity contribution >= 4 is 5.97 Å². The molecular weight excluding hydrogens is 192 g/mol. The summed E-state index contributed by atoms with van der Waals surface area (Å²) >= 11 is 0. The van der Waals surface area contributed by atoms with Crippen LogP contribution in [-0.4, -0.2) is 22.8 Å². The first-order chi connectivity index (χ1) is 7.02. The van der Waals surface area contributed by atoms with Crippen LogP contribution in [-0.2, 0) is 9.53 Å². The van der Waals surface area contributed by atoms with Crippen molar-refractivity contribution in [3.8, 4) is 0 Å². The van der Waals surface area contributed by atoms with Crippen molar-refractivity contribution in [2.24, 2.45) is 11.8 Å². The van der Waals surface area contributed by atoms with Crippen LogP contribution in [0.4, 0.5) is 0 Å². The predicted octanol–water partition coefficient (Wildman–Crippen LogP) is 1.88. The third kappa shape index (κ3) is 2.17. The second-order valence-electron chi connectivity index (χ2n) is 5.34. The summed E-state index contributed by atoms with van der Waals surface area (Å²) in [5, 5.41) is 10.4. The van der Waals surface area contributed by atoms with Gasteiger partial charge in [-0.15, -0.1) is 0 Å². The Labute approximate surface area is 90.8 Å². The fourth-order valence-electron chi connectivity index (χ4n) is 3.14. The van der Waals surface area contributed by atoms with Gasteiger partial charge in [0.05, 0.1) is 11.5 Å². The molecule has 86 valence electrons. The van der Waals surface area contributed by atoms with Crippen LogP contribution in [0.3, 0.4) is 0 Å². The maximum Gasteiger partial charge on any atom is 0.309 e. The molecule has 0 aromatic heterocycles. The number of carbonyl (C=O) groups excluding carboxylic acids is 1. The molecule has 0 spiro atoms. The van der Waals surface area contributed by atoms with Gasteiger partial charge in [0.15, 0.2) is 0 Å². The van der Waals surface area contributed by atoms with Gasteiger partial charge in [-0.2, -0.15) is 0 Å². The second kappa shape index (κ2) is 3.78. The van der Waals surface area contributed by atoms with E-state index < -0.39 is 5.60 Å². The van der Waals surface area contributed by atoms with E-state index in [2.05, 4.69) is 6.92 Å². The molecule has 4 unspecified atom stereocenters. The number of hydrogen-bond acceptors (Lipinski definition) is 3. The standard InChI is InChI=1S/C12H20O3/c1-3-9-6-12(14)5-8(2)4-10(7-12)15-11(9)13/h8-10,14H,3-7H2,1-2H3. The molecule has 2 fully saturated rings. The molecule has 1 heterocycles. The first-order valence-corrected chi connectivity index (χ1v) is 5.95. The van der Waals surface area contributed by atoms with Gasteiger partial charge in [0, 0.05) is 6.42 Å². The highest BCUT2D eigenvalue weighted by Crippen LogP contribution is 2.41. The topological polar surface area (TPSA) is 46.5 Å². The number of hydrogen-bond donors (Lipinski definition) is 1. The van der Waals surface area contributed by atoms with Gasteiger partial charge in [0.2, 0.25) is 0 Å². The van der Waals surface area contributed by atoms with Crippen molar-refractivity contribution in [2.45, 2.75) is 57.7 Å². The molecule has 3 heteroatoms. The van der Waals surface area contributed by atoms with Gasteiger partial charge >= 0.3 is 5.97 Å². The molecule has 15 heavy (non-hydrogen) atoms. The summed E-state index contributed by atoms with van der Waals surface area (Å²) in [7, 11) is 0. The van der Waals surface area contributed by atoms with Gasteiger partial charge < -0.3 is 9.84 Å². The number of ether oxygens (including phenoxy) is 1. The second-order valence-corrected chi connectivity index (χ2v) is 5.34. The van der Waals surface area contributed by atoms with Crippen LogP contribution >= 0.6 is 0 Å². The van der Waals surface area contributed by atoms with E-state index in [1.54, 1.807) is 0 Å². The van der Waals surface area contributed by atoms with Crippen LogP contribution in [0.1, 0.15) is 46.0 Å². The van der Waals surface area contributed by atoms with Crippen molar-refractivity contribution in [1.29, 1.82) is 0 Å². The number of fused-ring (bicyclic) bond motifs is 2. The lowest BCUT2D eigenvalue weighted by atomic mass is 9.74. The van der Waals surface area contributed by atoms with Gasteiger partial charge in [-0.1, -0.05) is 13.8 Å². The summed E-state index contributed by atoms with van der Waals surface area (Å²) in [4.78, 5) is 11.7. The summed E-state index contributed by atoms with van der Waals surface area (Å²) in [6, 6.07) is 0. The molecule has 2 rings (SSSR count).